The van der Waals surface area contributed by atoms with Gasteiger partial charge in [-0.25, -0.2) is 8.42 Å². The van der Waals surface area contributed by atoms with Crippen LogP contribution in [0, 0.1) is 0 Å². The molecule has 1 unspecified atom stereocenters. The summed E-state index contributed by atoms with van der Waals surface area (Å²) in [6.07, 6.45) is 2.08. The fourth-order valence-corrected chi connectivity index (χ4v) is 5.00. The Bertz CT molecular complexity index is 1090. The number of hydrogen-bond donors (Lipinski definition) is 0. The maximum absolute atomic E-state index is 13.4. The minimum absolute atomic E-state index is 0.0308. The second kappa shape index (κ2) is 7.30. The zero-order valence-corrected chi connectivity index (χ0v) is 18.7. The predicted octanol–water partition coefficient (Wildman–Crippen LogP) is 3.49. The smallest absolute Gasteiger partial charge is 0.269 e. The molecule has 30 heavy (non-hydrogen) atoms. The highest BCUT2D eigenvalue weighted by atomic mass is 32.2. The molecule has 1 atom stereocenters. The molecule has 1 amide bonds. The topological polar surface area (TPSA) is 66.9 Å². The molecule has 0 N–H and O–H groups in total. The van der Waals surface area contributed by atoms with Crippen LogP contribution in [-0.2, 0) is 26.7 Å². The van der Waals surface area contributed by atoms with Gasteiger partial charge in [0.1, 0.15) is 5.75 Å². The monoisotopic (exact) mass is 428 g/mol. The molecule has 4 rings (SSSR count). The Morgan fingerprint density at radius 3 is 2.53 bits per heavy atom. The van der Waals surface area contributed by atoms with Crippen LogP contribution in [-0.4, -0.2) is 39.8 Å². The Kier molecular flexibility index (Phi) is 5.04. The van der Waals surface area contributed by atoms with Crippen molar-refractivity contribution < 1.29 is 17.9 Å². The summed E-state index contributed by atoms with van der Waals surface area (Å²) in [6.45, 7) is 6.79. The van der Waals surface area contributed by atoms with Gasteiger partial charge in [0.2, 0.25) is 10.0 Å². The third-order valence-electron chi connectivity index (χ3n) is 5.75. The summed E-state index contributed by atoms with van der Waals surface area (Å²) in [4.78, 5) is 15.1. The van der Waals surface area contributed by atoms with Crippen LogP contribution < -0.4 is 13.9 Å². The Morgan fingerprint density at radius 2 is 1.83 bits per heavy atom. The van der Waals surface area contributed by atoms with Crippen LogP contribution in [0.5, 0.6) is 5.75 Å². The fraction of sp³-hybridized carbons (Fsp3) is 0.435. The number of carbonyl (C=O) groups is 1. The summed E-state index contributed by atoms with van der Waals surface area (Å²) in [6, 6.07) is 13.4. The molecule has 2 aromatic rings. The summed E-state index contributed by atoms with van der Waals surface area (Å²) in [5.41, 5.74) is 3.38. The van der Waals surface area contributed by atoms with Crippen molar-refractivity contribution >= 4 is 27.3 Å². The molecule has 2 aliphatic rings. The number of aryl methyl sites for hydroxylation is 1. The zero-order chi connectivity index (χ0) is 21.7. The van der Waals surface area contributed by atoms with E-state index in [9.17, 15) is 13.2 Å². The average Bonchev–Trinajstić information content (AvgIpc) is 2.70. The van der Waals surface area contributed by atoms with Gasteiger partial charge in [-0.1, -0.05) is 45.0 Å². The highest BCUT2D eigenvalue weighted by molar-refractivity contribution is 7.92. The van der Waals surface area contributed by atoms with E-state index in [-0.39, 0.29) is 17.9 Å². The number of sulfonamides is 1. The Balaban J connectivity index is 1.71. The lowest BCUT2D eigenvalue weighted by atomic mass is 9.86. The van der Waals surface area contributed by atoms with Crippen molar-refractivity contribution in [2.45, 2.75) is 45.1 Å². The lowest BCUT2D eigenvalue weighted by Gasteiger charge is -2.38. The van der Waals surface area contributed by atoms with Crippen molar-refractivity contribution in [3.63, 3.8) is 0 Å². The highest BCUT2D eigenvalue weighted by Gasteiger charge is 2.38. The Morgan fingerprint density at radius 1 is 1.10 bits per heavy atom. The van der Waals surface area contributed by atoms with Crippen LogP contribution in [0.1, 0.15) is 38.3 Å². The number of anilines is 2. The molecule has 0 spiro atoms. The normalized spacial score (nSPS) is 19.0. The summed E-state index contributed by atoms with van der Waals surface area (Å²) >= 11 is 0. The number of rotatable bonds is 2. The molecule has 0 bridgehead atoms. The molecular formula is C23H28N2O4S. The van der Waals surface area contributed by atoms with Gasteiger partial charge in [0.05, 0.1) is 18.5 Å². The first-order valence-corrected chi connectivity index (χ1v) is 12.1. The lowest BCUT2D eigenvalue weighted by Crippen LogP contribution is -2.52. The predicted molar refractivity (Wildman–Crippen MR) is 119 cm³/mol. The second-order valence-electron chi connectivity index (χ2n) is 9.06. The first-order valence-electron chi connectivity index (χ1n) is 10.2. The summed E-state index contributed by atoms with van der Waals surface area (Å²) < 4.78 is 32.6. The highest BCUT2D eigenvalue weighted by Crippen LogP contribution is 2.39. The van der Waals surface area contributed by atoms with Gasteiger partial charge in [0, 0.05) is 12.2 Å². The molecule has 160 valence electrons. The Hall–Kier alpha value is -2.54. The quantitative estimate of drug-likeness (QED) is 0.734. The average molecular weight is 429 g/mol. The van der Waals surface area contributed by atoms with Crippen LogP contribution in [0.4, 0.5) is 11.4 Å². The first-order chi connectivity index (χ1) is 14.1. The number of benzene rings is 2. The van der Waals surface area contributed by atoms with Gasteiger partial charge in [0.25, 0.3) is 5.91 Å². The largest absolute Gasteiger partial charge is 0.476 e. The number of ether oxygens (including phenoxy) is 1. The van der Waals surface area contributed by atoms with E-state index in [1.165, 1.54) is 10.6 Å². The van der Waals surface area contributed by atoms with Gasteiger partial charge in [-0.15, -0.1) is 0 Å². The maximum Gasteiger partial charge on any atom is 0.269 e. The standard InChI is InChI=1S/C23H28N2O4S/c1-23(2,3)17-11-12-20-19(14-17)25(30(4,27)28)15-21(29-20)22(26)24-13-7-9-16-8-5-6-10-18(16)24/h5-6,8,10-12,14,21H,7,9,13,15H2,1-4H3. The molecule has 0 radical (unpaired) electrons. The van der Waals surface area contributed by atoms with Crippen LogP contribution in [0.3, 0.4) is 0 Å². The molecule has 0 saturated heterocycles. The zero-order valence-electron chi connectivity index (χ0n) is 17.9. The molecule has 7 heteroatoms. The van der Waals surface area contributed by atoms with E-state index in [1.807, 2.05) is 36.4 Å². The van der Waals surface area contributed by atoms with Crippen molar-refractivity contribution in [2.24, 2.45) is 0 Å². The van der Waals surface area contributed by atoms with Crippen molar-refractivity contribution in [1.82, 2.24) is 0 Å². The van der Waals surface area contributed by atoms with Crippen LogP contribution in [0.2, 0.25) is 0 Å². The van der Waals surface area contributed by atoms with Crippen LogP contribution in [0.15, 0.2) is 42.5 Å². The maximum atomic E-state index is 13.4. The van der Waals surface area contributed by atoms with E-state index < -0.39 is 16.1 Å². The molecule has 0 aromatic heterocycles. The molecule has 2 heterocycles. The van der Waals surface area contributed by atoms with Crippen molar-refractivity contribution in [1.29, 1.82) is 0 Å². The van der Waals surface area contributed by atoms with E-state index in [2.05, 4.69) is 20.8 Å². The summed E-state index contributed by atoms with van der Waals surface area (Å²) in [5, 5.41) is 0. The molecule has 6 nitrogen and oxygen atoms in total. The van der Waals surface area contributed by atoms with Gasteiger partial charge in [-0.2, -0.15) is 0 Å². The van der Waals surface area contributed by atoms with Gasteiger partial charge in [-0.3, -0.25) is 9.10 Å². The van der Waals surface area contributed by atoms with E-state index in [4.69, 9.17) is 4.74 Å². The van der Waals surface area contributed by atoms with E-state index in [0.29, 0.717) is 18.0 Å². The number of carbonyl (C=O) groups excluding carboxylic acids is 1. The molecular weight excluding hydrogens is 400 g/mol. The summed E-state index contributed by atoms with van der Waals surface area (Å²) in [5.74, 6) is 0.213. The molecule has 2 aromatic carbocycles. The van der Waals surface area contributed by atoms with E-state index in [0.717, 1.165) is 29.7 Å². The molecule has 2 aliphatic heterocycles. The number of nitrogens with zero attached hydrogens (tertiary/aromatic N) is 2. The van der Waals surface area contributed by atoms with E-state index in [1.54, 1.807) is 11.0 Å². The van der Waals surface area contributed by atoms with Crippen molar-refractivity contribution in [3.8, 4) is 5.75 Å². The minimum Gasteiger partial charge on any atom is -0.476 e. The minimum atomic E-state index is -3.58. The number of para-hydroxylation sites is 1. The van der Waals surface area contributed by atoms with Gasteiger partial charge in [-0.05, 0) is 47.6 Å². The number of hydrogen-bond acceptors (Lipinski definition) is 4. The summed E-state index contributed by atoms with van der Waals surface area (Å²) in [7, 11) is -3.58. The van der Waals surface area contributed by atoms with Crippen LogP contribution in [0.25, 0.3) is 0 Å². The van der Waals surface area contributed by atoms with E-state index >= 15 is 0 Å². The molecule has 0 aliphatic carbocycles. The third kappa shape index (κ3) is 3.78. The number of fused-ring (bicyclic) bond motifs is 2. The molecule has 0 saturated carbocycles. The van der Waals surface area contributed by atoms with Crippen LogP contribution >= 0.6 is 0 Å². The van der Waals surface area contributed by atoms with Gasteiger partial charge in [0.15, 0.2) is 6.10 Å². The first kappa shape index (κ1) is 20.7. The Labute approximate surface area is 178 Å². The second-order valence-corrected chi connectivity index (χ2v) is 11.0. The van der Waals surface area contributed by atoms with Gasteiger partial charge < -0.3 is 9.64 Å². The third-order valence-corrected chi connectivity index (χ3v) is 6.89. The molecule has 0 fully saturated rings. The SMILES string of the molecule is CC(C)(C)c1ccc2c(c1)N(S(C)(=O)=O)CC(C(=O)N1CCCc3ccccc31)O2. The fourth-order valence-electron chi connectivity index (χ4n) is 4.10. The number of amides is 1. The van der Waals surface area contributed by atoms with Gasteiger partial charge >= 0.3 is 0 Å². The van der Waals surface area contributed by atoms with Crippen molar-refractivity contribution in [2.75, 3.05) is 28.6 Å². The van der Waals surface area contributed by atoms with Crippen molar-refractivity contribution in [3.05, 3.63) is 53.6 Å². The lowest BCUT2D eigenvalue weighted by molar-refractivity contribution is -0.125.